The minimum absolute atomic E-state index is 0.287. The Bertz CT molecular complexity index is 678. The Morgan fingerprint density at radius 1 is 1.11 bits per heavy atom. The fraction of sp³-hybridized carbons (Fsp3) is 0.0625. The second kappa shape index (κ2) is 4.86. The Morgan fingerprint density at radius 3 is 2.58 bits per heavy atom. The predicted octanol–water partition coefficient (Wildman–Crippen LogP) is 4.04. The first-order valence-electron chi connectivity index (χ1n) is 6.00. The zero-order valence-corrected chi connectivity index (χ0v) is 11.2. The number of hydrogen-bond acceptors (Lipinski definition) is 3. The van der Waals surface area contributed by atoms with Gasteiger partial charge in [-0.05, 0) is 31.2 Å². The molecule has 3 heteroatoms. The van der Waals surface area contributed by atoms with Gasteiger partial charge in [0.25, 0.3) is 0 Å². The van der Waals surface area contributed by atoms with Gasteiger partial charge in [0.1, 0.15) is 5.76 Å². The lowest BCUT2D eigenvalue weighted by Crippen LogP contribution is -1.96. The molecule has 0 fully saturated rings. The first-order chi connectivity index (χ1) is 9.22. The van der Waals surface area contributed by atoms with E-state index >= 15 is 0 Å². The number of aryl methyl sites for hydroxylation is 1. The Morgan fingerprint density at radius 2 is 1.89 bits per heavy atom. The summed E-state index contributed by atoms with van der Waals surface area (Å²) in [4.78, 5) is 14.1. The fourth-order valence-electron chi connectivity index (χ4n) is 1.92. The van der Waals surface area contributed by atoms with Crippen molar-refractivity contribution in [3.05, 3.63) is 69.4 Å². The molecule has 0 unspecified atom stereocenters. The molecule has 0 N–H and O–H groups in total. The van der Waals surface area contributed by atoms with Crippen LogP contribution in [0.5, 0.6) is 0 Å². The smallest absolute Gasteiger partial charge is 0.343 e. The van der Waals surface area contributed by atoms with Crippen LogP contribution in [0.15, 0.2) is 54.1 Å². The summed E-state index contributed by atoms with van der Waals surface area (Å²) in [6.45, 7) is 2.05. The average Bonchev–Trinajstić information content (AvgIpc) is 2.98. The molecule has 3 rings (SSSR count). The fourth-order valence-corrected chi connectivity index (χ4v) is 2.75. The van der Waals surface area contributed by atoms with Crippen LogP contribution in [-0.2, 0) is 9.53 Å². The number of carbonyl (C=O) groups is 1. The first kappa shape index (κ1) is 11.9. The van der Waals surface area contributed by atoms with E-state index in [4.69, 9.17) is 4.74 Å². The highest BCUT2D eigenvalue weighted by atomic mass is 32.1. The van der Waals surface area contributed by atoms with Gasteiger partial charge in [-0.3, -0.25) is 0 Å². The van der Waals surface area contributed by atoms with E-state index in [2.05, 4.69) is 0 Å². The number of rotatable bonds is 2. The van der Waals surface area contributed by atoms with E-state index in [0.29, 0.717) is 11.3 Å². The van der Waals surface area contributed by atoms with Crippen LogP contribution in [0, 0.1) is 6.92 Å². The molecule has 2 nitrogen and oxygen atoms in total. The molecule has 1 aliphatic rings. The van der Waals surface area contributed by atoms with Gasteiger partial charge in [0.15, 0.2) is 0 Å². The van der Waals surface area contributed by atoms with Gasteiger partial charge < -0.3 is 4.74 Å². The number of benzene rings is 1. The lowest BCUT2D eigenvalue weighted by atomic mass is 10.1. The van der Waals surface area contributed by atoms with Gasteiger partial charge in [-0.1, -0.05) is 30.3 Å². The molecular formula is C16H12O2S. The quantitative estimate of drug-likeness (QED) is 0.607. The topological polar surface area (TPSA) is 26.3 Å². The number of cyclic esters (lactones) is 1. The molecule has 1 aliphatic heterocycles. The molecule has 0 atom stereocenters. The van der Waals surface area contributed by atoms with Crippen molar-refractivity contribution in [2.75, 3.05) is 0 Å². The van der Waals surface area contributed by atoms with Gasteiger partial charge >= 0.3 is 5.97 Å². The monoisotopic (exact) mass is 268 g/mol. The van der Waals surface area contributed by atoms with Crippen LogP contribution in [-0.4, -0.2) is 5.97 Å². The summed E-state index contributed by atoms with van der Waals surface area (Å²) < 4.78 is 5.30. The third kappa shape index (κ3) is 2.51. The van der Waals surface area contributed by atoms with Crippen LogP contribution in [0.25, 0.3) is 11.8 Å². The van der Waals surface area contributed by atoms with E-state index in [-0.39, 0.29) is 5.97 Å². The number of ether oxygens (including phenoxy) is 1. The van der Waals surface area contributed by atoms with Crippen LogP contribution in [0.1, 0.15) is 15.3 Å². The molecular weight excluding hydrogens is 256 g/mol. The standard InChI is InChI=1S/C16H12O2S/c1-11-7-8-14(19-11)9-13-10-15(18-16(13)17)12-5-3-2-4-6-12/h2-10H,1H3. The molecule has 0 aliphatic carbocycles. The zero-order valence-electron chi connectivity index (χ0n) is 10.4. The van der Waals surface area contributed by atoms with Crippen molar-refractivity contribution in [2.45, 2.75) is 6.92 Å². The van der Waals surface area contributed by atoms with Crippen molar-refractivity contribution in [2.24, 2.45) is 0 Å². The molecule has 2 heterocycles. The summed E-state index contributed by atoms with van der Waals surface area (Å²) in [6.07, 6.45) is 3.67. The number of esters is 1. The molecule has 0 spiro atoms. The maximum atomic E-state index is 11.8. The Kier molecular flexibility index (Phi) is 3.05. The second-order valence-electron chi connectivity index (χ2n) is 4.31. The lowest BCUT2D eigenvalue weighted by molar-refractivity contribution is -0.130. The van der Waals surface area contributed by atoms with E-state index in [1.54, 1.807) is 17.4 Å². The molecule has 0 saturated carbocycles. The highest BCUT2D eigenvalue weighted by molar-refractivity contribution is 7.12. The van der Waals surface area contributed by atoms with Crippen LogP contribution in [0.2, 0.25) is 0 Å². The largest absolute Gasteiger partial charge is 0.422 e. The van der Waals surface area contributed by atoms with Gasteiger partial charge in [-0.2, -0.15) is 0 Å². The van der Waals surface area contributed by atoms with Crippen LogP contribution in [0.4, 0.5) is 0 Å². The van der Waals surface area contributed by atoms with Crippen molar-refractivity contribution in [1.29, 1.82) is 0 Å². The molecule has 1 aromatic carbocycles. The van der Waals surface area contributed by atoms with Crippen LogP contribution < -0.4 is 0 Å². The van der Waals surface area contributed by atoms with Crippen molar-refractivity contribution in [3.8, 4) is 0 Å². The Labute approximate surface area is 115 Å². The van der Waals surface area contributed by atoms with E-state index in [1.807, 2.05) is 55.5 Å². The number of hydrogen-bond donors (Lipinski definition) is 0. The van der Waals surface area contributed by atoms with Gasteiger partial charge in [-0.25, -0.2) is 4.79 Å². The molecule has 19 heavy (non-hydrogen) atoms. The molecule has 1 aromatic heterocycles. The Hall–Kier alpha value is -2.13. The second-order valence-corrected chi connectivity index (χ2v) is 5.63. The summed E-state index contributed by atoms with van der Waals surface area (Å²) in [5.74, 6) is 0.329. The molecule has 0 radical (unpaired) electrons. The predicted molar refractivity (Wildman–Crippen MR) is 77.5 cm³/mol. The van der Waals surface area contributed by atoms with E-state index in [0.717, 1.165) is 10.4 Å². The van der Waals surface area contributed by atoms with E-state index < -0.39 is 0 Å². The third-order valence-electron chi connectivity index (χ3n) is 2.84. The van der Waals surface area contributed by atoms with Crippen molar-refractivity contribution >= 4 is 29.1 Å². The van der Waals surface area contributed by atoms with Crippen LogP contribution in [0.3, 0.4) is 0 Å². The normalized spacial score (nSPS) is 16.6. The summed E-state index contributed by atoms with van der Waals surface area (Å²) in [7, 11) is 0. The summed E-state index contributed by atoms with van der Waals surface area (Å²) >= 11 is 1.66. The van der Waals surface area contributed by atoms with Crippen molar-refractivity contribution < 1.29 is 9.53 Å². The lowest BCUT2D eigenvalue weighted by Gasteiger charge is -1.99. The summed E-state index contributed by atoms with van der Waals surface area (Å²) in [5.41, 5.74) is 1.52. The van der Waals surface area contributed by atoms with Crippen molar-refractivity contribution in [3.63, 3.8) is 0 Å². The minimum Gasteiger partial charge on any atom is -0.422 e. The van der Waals surface area contributed by atoms with E-state index in [9.17, 15) is 4.79 Å². The van der Waals surface area contributed by atoms with E-state index in [1.165, 1.54) is 4.88 Å². The maximum Gasteiger partial charge on any atom is 0.343 e. The SMILES string of the molecule is Cc1ccc(C=C2C=C(c3ccccc3)OC2=O)s1. The number of thiophene rings is 1. The van der Waals surface area contributed by atoms with Gasteiger partial charge in [-0.15, -0.1) is 11.3 Å². The minimum atomic E-state index is -0.287. The maximum absolute atomic E-state index is 11.8. The van der Waals surface area contributed by atoms with Gasteiger partial charge in [0.2, 0.25) is 0 Å². The first-order valence-corrected chi connectivity index (χ1v) is 6.81. The Balaban J connectivity index is 1.94. The highest BCUT2D eigenvalue weighted by Crippen LogP contribution is 2.28. The molecule has 0 amide bonds. The van der Waals surface area contributed by atoms with Gasteiger partial charge in [0.05, 0.1) is 5.57 Å². The molecule has 94 valence electrons. The number of carbonyl (C=O) groups excluding carboxylic acids is 1. The van der Waals surface area contributed by atoms with Crippen LogP contribution >= 0.6 is 11.3 Å². The summed E-state index contributed by atoms with van der Waals surface area (Å²) in [5, 5.41) is 0. The highest BCUT2D eigenvalue weighted by Gasteiger charge is 2.21. The van der Waals surface area contributed by atoms with Gasteiger partial charge in [0, 0.05) is 15.3 Å². The summed E-state index contributed by atoms with van der Waals surface area (Å²) in [6, 6.07) is 13.7. The van der Waals surface area contributed by atoms with Crippen molar-refractivity contribution in [1.82, 2.24) is 0 Å². The third-order valence-corrected chi connectivity index (χ3v) is 3.79. The average molecular weight is 268 g/mol. The molecule has 2 aromatic rings. The zero-order chi connectivity index (χ0) is 13.2. The molecule has 0 saturated heterocycles. The molecule has 0 bridgehead atoms.